The van der Waals surface area contributed by atoms with E-state index in [1.54, 1.807) is 0 Å². The minimum absolute atomic E-state index is 0.206. The summed E-state index contributed by atoms with van der Waals surface area (Å²) in [6.45, 7) is 3.24. The third kappa shape index (κ3) is 27.6. The lowest BCUT2D eigenvalue weighted by Gasteiger charge is -2.39. The second-order valence-electron chi connectivity index (χ2n) is 14.4. The third-order valence-corrected chi connectivity index (χ3v) is 9.41. The summed E-state index contributed by atoms with van der Waals surface area (Å²) in [6, 6.07) is 0. The summed E-state index contributed by atoms with van der Waals surface area (Å²) in [5.41, 5.74) is 0. The maximum absolute atomic E-state index is 12.7. The number of carbonyl (C=O) groups excluding carboxylic acids is 2. The highest BCUT2D eigenvalue weighted by atomic mass is 16.7. The van der Waals surface area contributed by atoms with Crippen molar-refractivity contribution in [3.8, 4) is 0 Å². The van der Waals surface area contributed by atoms with Gasteiger partial charge in [-0.05, 0) is 70.6 Å². The Kier molecular flexibility index (Phi) is 32.8. The first kappa shape index (κ1) is 50.4. The summed E-state index contributed by atoms with van der Waals surface area (Å²) in [7, 11) is 0. The summed E-state index contributed by atoms with van der Waals surface area (Å²) in [6.07, 6.45) is 35.1. The predicted molar refractivity (Wildman–Crippen MR) is 219 cm³/mol. The fraction of sp³-hybridized carbons (Fsp3) is 0.733. The van der Waals surface area contributed by atoms with Gasteiger partial charge in [0.05, 0.1) is 13.2 Å². The highest BCUT2D eigenvalue weighted by Gasteiger charge is 2.44. The van der Waals surface area contributed by atoms with Gasteiger partial charge in [0.25, 0.3) is 0 Å². The highest BCUT2D eigenvalue weighted by molar-refractivity contribution is 5.70. The minimum atomic E-state index is -1.60. The molecule has 1 aliphatic heterocycles. The maximum Gasteiger partial charge on any atom is 0.306 e. The molecule has 6 atom stereocenters. The molecule has 0 radical (unpaired) electrons. The van der Waals surface area contributed by atoms with Crippen LogP contribution in [0.4, 0.5) is 0 Å². The molecule has 55 heavy (non-hydrogen) atoms. The van der Waals surface area contributed by atoms with Crippen LogP contribution in [-0.4, -0.2) is 89.0 Å². The lowest BCUT2D eigenvalue weighted by molar-refractivity contribution is -0.305. The largest absolute Gasteiger partial charge is 0.462 e. The number of aliphatic hydroxyl groups is 4. The lowest BCUT2D eigenvalue weighted by atomic mass is 9.99. The molecule has 0 aromatic carbocycles. The molecule has 0 amide bonds. The highest BCUT2D eigenvalue weighted by Crippen LogP contribution is 2.22. The Balaban J connectivity index is 2.39. The SMILES string of the molecule is CC/C=C/C/C=C/C/C=C/CCCCCCCC(=O)OC[C@@H](CO[C@H]1O[C@@H](CO)[C@@H](O)C(O)C1O)OC(=O)CCCCCCC/C=C/C=C/CCCCCC. The van der Waals surface area contributed by atoms with Gasteiger partial charge in [-0.1, -0.05) is 132 Å². The Morgan fingerprint density at radius 3 is 1.73 bits per heavy atom. The number of carbonyl (C=O) groups is 2. The minimum Gasteiger partial charge on any atom is -0.462 e. The van der Waals surface area contributed by atoms with E-state index in [2.05, 4.69) is 74.6 Å². The van der Waals surface area contributed by atoms with Gasteiger partial charge in [-0.3, -0.25) is 9.59 Å². The van der Waals surface area contributed by atoms with Gasteiger partial charge in [0.15, 0.2) is 12.4 Å². The van der Waals surface area contributed by atoms with Crippen LogP contribution in [0.5, 0.6) is 0 Å². The normalized spacial score (nSPS) is 21.2. The number of hydrogen-bond acceptors (Lipinski definition) is 10. The molecular weight excluding hydrogens is 700 g/mol. The summed E-state index contributed by atoms with van der Waals surface area (Å²) in [5.74, 6) is -0.850. The average molecular weight is 777 g/mol. The Morgan fingerprint density at radius 1 is 0.600 bits per heavy atom. The third-order valence-electron chi connectivity index (χ3n) is 9.41. The van der Waals surface area contributed by atoms with Crippen molar-refractivity contribution < 1.29 is 49.0 Å². The Labute approximate surface area is 332 Å². The first-order valence-corrected chi connectivity index (χ1v) is 21.4. The number of unbranched alkanes of at least 4 members (excludes halogenated alkanes) is 14. The van der Waals surface area contributed by atoms with Crippen molar-refractivity contribution in [1.82, 2.24) is 0 Å². The van der Waals surface area contributed by atoms with Gasteiger partial charge in [0.2, 0.25) is 0 Å². The predicted octanol–water partition coefficient (Wildman–Crippen LogP) is 8.66. The molecule has 0 aliphatic carbocycles. The fourth-order valence-electron chi connectivity index (χ4n) is 6.02. The van der Waals surface area contributed by atoms with E-state index in [9.17, 15) is 30.0 Å². The fourth-order valence-corrected chi connectivity index (χ4v) is 6.02. The van der Waals surface area contributed by atoms with Gasteiger partial charge in [0, 0.05) is 12.8 Å². The average Bonchev–Trinajstić information content (AvgIpc) is 3.18. The van der Waals surface area contributed by atoms with E-state index in [1.165, 1.54) is 25.7 Å². The molecule has 0 saturated carbocycles. The molecule has 4 N–H and O–H groups in total. The smallest absolute Gasteiger partial charge is 0.306 e. The standard InChI is InChI=1S/C45H76O10/c1-3-5-7-9-11-13-15-17-19-21-23-25-27-29-31-33-40(47)52-36-38(37-53-45-44(51)43(50)42(49)39(35-46)55-45)54-41(48)34-32-30-28-26-24-22-20-18-16-14-12-10-8-6-4-2/h5,7,11,13-14,16-20,38-39,42-46,49-51H,3-4,6,8-10,12,15,21-37H2,1-2H3/b7-5+,13-11+,16-14+,19-17+,20-18+/t38-,39-,42+,43?,44?,45-/m0/s1. The zero-order valence-electron chi connectivity index (χ0n) is 34.2. The molecule has 1 rings (SSSR count). The number of hydrogen-bond donors (Lipinski definition) is 4. The van der Waals surface area contributed by atoms with Crippen LogP contribution >= 0.6 is 0 Å². The number of rotatable bonds is 34. The summed E-state index contributed by atoms with van der Waals surface area (Å²) in [5, 5.41) is 40.0. The number of esters is 2. The van der Waals surface area contributed by atoms with Crippen molar-refractivity contribution in [2.75, 3.05) is 19.8 Å². The van der Waals surface area contributed by atoms with Crippen molar-refractivity contribution in [3.63, 3.8) is 0 Å². The topological polar surface area (TPSA) is 152 Å². The molecule has 2 unspecified atom stereocenters. The summed E-state index contributed by atoms with van der Waals surface area (Å²) in [4.78, 5) is 25.3. The quantitative estimate of drug-likeness (QED) is 0.0216. The molecule has 0 aromatic rings. The van der Waals surface area contributed by atoms with E-state index < -0.39 is 55.4 Å². The van der Waals surface area contributed by atoms with Gasteiger partial charge < -0.3 is 39.4 Å². The second-order valence-corrected chi connectivity index (χ2v) is 14.4. The van der Waals surface area contributed by atoms with Crippen LogP contribution in [0, 0.1) is 0 Å². The molecule has 1 heterocycles. The van der Waals surface area contributed by atoms with Crippen molar-refractivity contribution in [1.29, 1.82) is 0 Å². The Bertz CT molecular complexity index is 1080. The first-order chi connectivity index (χ1) is 26.8. The van der Waals surface area contributed by atoms with Gasteiger partial charge in [0.1, 0.15) is 31.0 Å². The number of allylic oxidation sites excluding steroid dienone is 10. The van der Waals surface area contributed by atoms with Crippen molar-refractivity contribution in [2.45, 2.75) is 192 Å². The van der Waals surface area contributed by atoms with Gasteiger partial charge >= 0.3 is 11.9 Å². The van der Waals surface area contributed by atoms with Crippen molar-refractivity contribution >= 4 is 11.9 Å². The van der Waals surface area contributed by atoms with E-state index in [1.807, 2.05) is 0 Å². The molecule has 0 bridgehead atoms. The molecule has 0 aromatic heterocycles. The van der Waals surface area contributed by atoms with Gasteiger partial charge in [-0.2, -0.15) is 0 Å². The number of ether oxygens (including phenoxy) is 4. The lowest BCUT2D eigenvalue weighted by Crippen LogP contribution is -2.59. The zero-order chi connectivity index (χ0) is 40.2. The second kappa shape index (κ2) is 35.8. The van der Waals surface area contributed by atoms with Crippen molar-refractivity contribution in [3.05, 3.63) is 60.8 Å². The van der Waals surface area contributed by atoms with E-state index in [0.717, 1.165) is 89.9 Å². The maximum atomic E-state index is 12.7. The molecule has 10 nitrogen and oxygen atoms in total. The molecule has 10 heteroatoms. The molecule has 1 aliphatic rings. The zero-order valence-corrected chi connectivity index (χ0v) is 34.2. The summed E-state index contributed by atoms with van der Waals surface area (Å²) >= 11 is 0. The van der Waals surface area contributed by atoms with Gasteiger partial charge in [-0.15, -0.1) is 0 Å². The Morgan fingerprint density at radius 2 is 1.13 bits per heavy atom. The van der Waals surface area contributed by atoms with Crippen LogP contribution < -0.4 is 0 Å². The summed E-state index contributed by atoms with van der Waals surface area (Å²) < 4.78 is 22.1. The van der Waals surface area contributed by atoms with Crippen LogP contribution in [0.25, 0.3) is 0 Å². The molecule has 1 saturated heterocycles. The van der Waals surface area contributed by atoms with E-state index in [0.29, 0.717) is 12.8 Å². The molecule has 1 fully saturated rings. The molecule has 0 spiro atoms. The van der Waals surface area contributed by atoms with Gasteiger partial charge in [-0.25, -0.2) is 0 Å². The van der Waals surface area contributed by atoms with Crippen LogP contribution in [0.15, 0.2) is 60.8 Å². The number of aliphatic hydroxyl groups excluding tert-OH is 4. The van der Waals surface area contributed by atoms with E-state index >= 15 is 0 Å². The van der Waals surface area contributed by atoms with Crippen LogP contribution in [0.2, 0.25) is 0 Å². The van der Waals surface area contributed by atoms with E-state index in [4.69, 9.17) is 18.9 Å². The van der Waals surface area contributed by atoms with Crippen LogP contribution in [0.1, 0.15) is 155 Å². The monoisotopic (exact) mass is 777 g/mol. The molecular formula is C45H76O10. The van der Waals surface area contributed by atoms with E-state index in [-0.39, 0.29) is 26.1 Å². The van der Waals surface area contributed by atoms with Crippen LogP contribution in [-0.2, 0) is 28.5 Å². The first-order valence-electron chi connectivity index (χ1n) is 21.4. The van der Waals surface area contributed by atoms with Crippen LogP contribution in [0.3, 0.4) is 0 Å². The van der Waals surface area contributed by atoms with Crippen molar-refractivity contribution in [2.24, 2.45) is 0 Å². The Hall–Kier alpha value is -2.60. The molecule has 316 valence electrons.